The SMILES string of the molecule is CC(C)C1=CC2=CCC3[C@](CO)(C(=O)[O-])CCC[C@]3(C)[C@H]2CC1.CC(C)C1=CC2=CCC3[C@](CO)(C(=O)[O-])CCC[C@]3(C)[C@H]2CC1.CC(C)C1=CC2=CCC3[C@](CO)(C(=O)[O-])CCC[C@]3(C)[C@H]2CC1.[Al+3]. The van der Waals surface area contributed by atoms with E-state index in [-0.39, 0.29) is 71.2 Å². The zero-order chi connectivity index (χ0) is 50.5. The fourth-order valence-corrected chi connectivity index (χ4v) is 17.0. The molecule has 0 radical (unpaired) electrons. The molecule has 0 heterocycles. The zero-order valence-corrected chi connectivity index (χ0v) is 45.5. The van der Waals surface area contributed by atoms with E-state index in [2.05, 4.69) is 98.8 Å². The first-order valence-electron chi connectivity index (χ1n) is 27.2. The molecule has 12 atom stereocenters. The molecule has 3 saturated carbocycles. The van der Waals surface area contributed by atoms with Gasteiger partial charge < -0.3 is 45.0 Å². The third-order valence-corrected chi connectivity index (χ3v) is 21.3. The number of hydrogen-bond donors (Lipinski definition) is 3. The third-order valence-electron chi connectivity index (χ3n) is 21.3. The number of aliphatic carboxylic acids is 3. The van der Waals surface area contributed by atoms with Crippen LogP contribution in [-0.4, -0.2) is 70.4 Å². The van der Waals surface area contributed by atoms with Crippen LogP contribution in [0.3, 0.4) is 0 Å². The van der Waals surface area contributed by atoms with E-state index in [1.54, 1.807) is 0 Å². The predicted octanol–water partition coefficient (Wildman–Crippen LogP) is 8.15. The minimum absolute atomic E-state index is 0. The van der Waals surface area contributed by atoms with Crippen molar-refractivity contribution in [2.45, 2.75) is 178 Å². The third kappa shape index (κ3) is 9.52. The average Bonchev–Trinajstić information content (AvgIpc) is 3.32. The Hall–Kier alpha value is -2.74. The minimum atomic E-state index is -1.06. The summed E-state index contributed by atoms with van der Waals surface area (Å²) in [4.78, 5) is 35.7. The summed E-state index contributed by atoms with van der Waals surface area (Å²) < 4.78 is 0. The van der Waals surface area contributed by atoms with Crippen LogP contribution >= 0.6 is 0 Å². The summed E-state index contributed by atoms with van der Waals surface area (Å²) in [5.74, 6) is -0.191. The van der Waals surface area contributed by atoms with Crippen LogP contribution in [0.2, 0.25) is 0 Å². The van der Waals surface area contributed by atoms with Crippen LogP contribution < -0.4 is 15.3 Å². The van der Waals surface area contributed by atoms with Gasteiger partial charge in [-0.15, -0.1) is 0 Å². The Bertz CT molecular complexity index is 1920. The number of aliphatic hydroxyl groups is 3. The van der Waals surface area contributed by atoms with Crippen molar-refractivity contribution in [1.82, 2.24) is 0 Å². The van der Waals surface area contributed by atoms with Crippen molar-refractivity contribution in [2.75, 3.05) is 19.8 Å². The maximum absolute atomic E-state index is 11.9. The van der Waals surface area contributed by atoms with Crippen molar-refractivity contribution in [3.63, 3.8) is 0 Å². The van der Waals surface area contributed by atoms with Crippen molar-refractivity contribution < 1.29 is 45.0 Å². The Morgan fingerprint density at radius 1 is 0.486 bits per heavy atom. The van der Waals surface area contributed by atoms with Crippen molar-refractivity contribution in [3.8, 4) is 0 Å². The Balaban J connectivity index is 0.000000171. The van der Waals surface area contributed by atoms with Crippen LogP contribution in [0.25, 0.3) is 0 Å². The van der Waals surface area contributed by atoms with E-state index in [0.717, 1.165) is 96.3 Å². The Kier molecular flexibility index (Phi) is 17.5. The number of carboxylic acid groups (broad SMARTS) is 3. The molecule has 0 saturated heterocycles. The summed E-state index contributed by atoms with van der Waals surface area (Å²) >= 11 is 0. The van der Waals surface area contributed by atoms with E-state index < -0.39 is 34.2 Å². The molecule has 0 aliphatic heterocycles. The van der Waals surface area contributed by atoms with Gasteiger partial charge in [-0.05, 0) is 183 Å². The van der Waals surface area contributed by atoms with Gasteiger partial charge in [0, 0.05) is 16.2 Å². The van der Waals surface area contributed by atoms with Gasteiger partial charge >= 0.3 is 17.4 Å². The smallest absolute Gasteiger partial charge is 0.549 e. The van der Waals surface area contributed by atoms with Crippen LogP contribution in [0, 0.1) is 85.8 Å². The normalized spacial score (nSPS) is 39.5. The predicted molar refractivity (Wildman–Crippen MR) is 271 cm³/mol. The first kappa shape index (κ1) is 56.6. The maximum atomic E-state index is 11.9. The molecule has 9 aliphatic rings. The summed E-state index contributed by atoms with van der Waals surface area (Å²) in [6.45, 7) is 19.4. The first-order valence-corrected chi connectivity index (χ1v) is 27.2. The molecule has 0 amide bonds. The van der Waals surface area contributed by atoms with Gasteiger partial charge in [-0.1, -0.05) is 135 Å². The fraction of sp³-hybridized carbons (Fsp3) is 0.750. The molecule has 0 spiro atoms. The number of carbonyl (C=O) groups is 3. The second kappa shape index (κ2) is 21.6. The van der Waals surface area contributed by atoms with E-state index in [4.69, 9.17) is 0 Å². The number of fused-ring (bicyclic) bond motifs is 9. The molecule has 70 heavy (non-hydrogen) atoms. The Labute approximate surface area is 431 Å². The van der Waals surface area contributed by atoms with Crippen LogP contribution in [0.5, 0.6) is 0 Å². The Morgan fingerprint density at radius 2 is 0.729 bits per heavy atom. The van der Waals surface area contributed by atoms with E-state index in [9.17, 15) is 45.0 Å². The van der Waals surface area contributed by atoms with Gasteiger partial charge in [-0.2, -0.15) is 0 Å². The topological polar surface area (TPSA) is 181 Å². The molecule has 3 fully saturated rings. The molecular weight excluding hydrogens is 892 g/mol. The van der Waals surface area contributed by atoms with Crippen molar-refractivity contribution in [2.24, 2.45) is 85.8 Å². The van der Waals surface area contributed by atoms with E-state index in [1.165, 1.54) is 33.4 Å². The van der Waals surface area contributed by atoms with Gasteiger partial charge in [0.05, 0.1) is 37.7 Å². The number of carbonyl (C=O) groups excluding carboxylic acids is 3. The molecule has 9 rings (SSSR count). The monoisotopic (exact) mass is 979 g/mol. The molecule has 3 unspecified atom stereocenters. The van der Waals surface area contributed by atoms with Crippen LogP contribution in [-0.2, 0) is 14.4 Å². The minimum Gasteiger partial charge on any atom is -0.549 e. The molecule has 3 N–H and O–H groups in total. The van der Waals surface area contributed by atoms with Crippen LogP contribution in [0.4, 0.5) is 0 Å². The molecule has 0 aromatic heterocycles. The van der Waals surface area contributed by atoms with Crippen molar-refractivity contribution >= 4 is 35.3 Å². The summed E-state index contributed by atoms with van der Waals surface area (Å²) in [6.07, 6.45) is 30.2. The molecule has 0 aromatic carbocycles. The summed E-state index contributed by atoms with van der Waals surface area (Å²) in [7, 11) is 0. The van der Waals surface area contributed by atoms with Crippen LogP contribution in [0.1, 0.15) is 178 Å². The molecule has 9 aliphatic carbocycles. The van der Waals surface area contributed by atoms with Gasteiger partial charge in [0.15, 0.2) is 0 Å². The van der Waals surface area contributed by atoms with E-state index >= 15 is 0 Å². The number of rotatable bonds is 9. The number of aliphatic hydroxyl groups excluding tert-OH is 3. The average molecular weight is 979 g/mol. The van der Waals surface area contributed by atoms with Gasteiger partial charge in [0.2, 0.25) is 0 Å². The maximum Gasteiger partial charge on any atom is 3.00 e. The van der Waals surface area contributed by atoms with E-state index in [0.29, 0.717) is 54.8 Å². The van der Waals surface area contributed by atoms with Crippen molar-refractivity contribution in [1.29, 1.82) is 0 Å². The number of allylic oxidation sites excluding steroid dienone is 12. The largest absolute Gasteiger partial charge is 3.00 e. The molecular formula is C60H87AlO9. The second-order valence-corrected chi connectivity index (χ2v) is 25.3. The zero-order valence-electron chi connectivity index (χ0n) is 44.4. The second-order valence-electron chi connectivity index (χ2n) is 25.3. The molecule has 0 aromatic rings. The molecule has 384 valence electrons. The fourth-order valence-electron chi connectivity index (χ4n) is 17.0. The quantitative estimate of drug-likeness (QED) is 0.192. The van der Waals surface area contributed by atoms with Gasteiger partial charge in [0.25, 0.3) is 0 Å². The number of hydrogen-bond acceptors (Lipinski definition) is 9. The summed E-state index contributed by atoms with van der Waals surface area (Å²) in [5, 5.41) is 65.5. The number of carboxylic acids is 3. The summed E-state index contributed by atoms with van der Waals surface area (Å²) in [6, 6.07) is 0. The van der Waals surface area contributed by atoms with Crippen LogP contribution in [0.15, 0.2) is 69.9 Å². The molecule has 9 nitrogen and oxygen atoms in total. The Morgan fingerprint density at radius 3 is 0.929 bits per heavy atom. The first-order chi connectivity index (χ1) is 32.5. The molecule has 0 bridgehead atoms. The molecule has 10 heteroatoms. The standard InChI is InChI=1S/3C20H30O3.Al/c3*1-13(2)14-5-7-16-15(11-14)6-8-17-19(16,3)9-4-10-20(17,12-21)18(22)23;/h3*6,11,13,16-17,21H,4-5,7-10,12H2,1-3H3,(H,22,23);/q;;;+3/p-3/t3*16-,17?,19+,20-;/m000./s1. The van der Waals surface area contributed by atoms with Crippen molar-refractivity contribution in [3.05, 3.63) is 69.9 Å². The van der Waals surface area contributed by atoms with E-state index in [1.807, 2.05) is 0 Å². The summed E-state index contributed by atoms with van der Waals surface area (Å²) in [5.41, 5.74) is 5.47. The van der Waals surface area contributed by atoms with Gasteiger partial charge in [-0.25, -0.2) is 0 Å². The van der Waals surface area contributed by atoms with Gasteiger partial charge in [0.1, 0.15) is 0 Å². The van der Waals surface area contributed by atoms with Gasteiger partial charge in [-0.3, -0.25) is 0 Å².